The summed E-state index contributed by atoms with van der Waals surface area (Å²) < 4.78 is 3.92. The molecule has 0 aliphatic heterocycles. The second-order valence-electron chi connectivity index (χ2n) is 4.28. The van der Waals surface area contributed by atoms with Gasteiger partial charge in [0.15, 0.2) is 0 Å². The van der Waals surface area contributed by atoms with Crippen molar-refractivity contribution in [1.82, 2.24) is 13.7 Å². The molecule has 0 saturated carbocycles. The lowest BCUT2D eigenvalue weighted by Gasteiger charge is -2.07. The fraction of sp³-hybridized carbons (Fsp3) is 0.364. The number of nitrogens with two attached hydrogens (primary N) is 1. The van der Waals surface area contributed by atoms with E-state index in [1.165, 1.54) is 16.2 Å². The van der Waals surface area contributed by atoms with Crippen molar-refractivity contribution in [2.24, 2.45) is 19.8 Å². The van der Waals surface area contributed by atoms with Gasteiger partial charge in [0, 0.05) is 19.8 Å². The molecular weight excluding hydrogens is 236 g/mol. The zero-order chi connectivity index (χ0) is 13.6. The third-order valence-electron chi connectivity index (χ3n) is 3.04. The molecule has 7 nitrogen and oxygen atoms in total. The van der Waals surface area contributed by atoms with Gasteiger partial charge in [0.05, 0.1) is 5.52 Å². The molecule has 0 spiro atoms. The maximum atomic E-state index is 12.1. The zero-order valence-electron chi connectivity index (χ0n) is 10.4. The summed E-state index contributed by atoms with van der Waals surface area (Å²) in [5.41, 5.74) is 5.86. The van der Waals surface area contributed by atoms with Gasteiger partial charge in [-0.2, -0.15) is 0 Å². The summed E-state index contributed by atoms with van der Waals surface area (Å²) in [6.07, 6.45) is 0. The van der Waals surface area contributed by atoms with Crippen LogP contribution >= 0.6 is 0 Å². The van der Waals surface area contributed by atoms with Gasteiger partial charge in [-0.15, -0.1) is 0 Å². The Labute approximate surface area is 102 Å². The molecule has 0 fully saturated rings. The van der Waals surface area contributed by atoms with Crippen LogP contribution in [0.5, 0.6) is 0 Å². The molecule has 2 N–H and O–H groups in total. The molecule has 1 amide bonds. The molecule has 0 bridgehead atoms. The minimum absolute atomic E-state index is 0.0806. The van der Waals surface area contributed by atoms with E-state index in [1.807, 2.05) is 0 Å². The van der Waals surface area contributed by atoms with Crippen molar-refractivity contribution in [3.8, 4) is 0 Å². The highest BCUT2D eigenvalue weighted by Gasteiger charge is 2.16. The number of hydrogen-bond donors (Lipinski definition) is 1. The van der Waals surface area contributed by atoms with Crippen molar-refractivity contribution in [1.29, 1.82) is 0 Å². The van der Waals surface area contributed by atoms with Crippen LogP contribution in [0.25, 0.3) is 11.0 Å². The van der Waals surface area contributed by atoms with Gasteiger partial charge in [-0.1, -0.05) is 0 Å². The molecule has 18 heavy (non-hydrogen) atoms. The van der Waals surface area contributed by atoms with Crippen molar-refractivity contribution in [3.05, 3.63) is 32.6 Å². The van der Waals surface area contributed by atoms with E-state index in [-0.39, 0.29) is 6.54 Å². The smallest absolute Gasteiger partial charge is 0.331 e. The second kappa shape index (κ2) is 3.86. The van der Waals surface area contributed by atoms with E-state index in [2.05, 4.69) is 0 Å². The van der Waals surface area contributed by atoms with E-state index in [0.29, 0.717) is 16.7 Å². The predicted octanol–water partition coefficient (Wildman–Crippen LogP) is -1.17. The molecule has 2 rings (SSSR count). The first-order valence-corrected chi connectivity index (χ1v) is 5.38. The molecule has 2 heterocycles. The molecule has 2 aromatic rings. The summed E-state index contributed by atoms with van der Waals surface area (Å²) >= 11 is 0. The summed E-state index contributed by atoms with van der Waals surface area (Å²) in [4.78, 5) is 34.9. The number of aromatic nitrogens is 3. The van der Waals surface area contributed by atoms with Crippen LogP contribution in [0.1, 0.15) is 5.69 Å². The maximum Gasteiger partial charge on any atom is 0.331 e. The first-order valence-electron chi connectivity index (χ1n) is 5.38. The van der Waals surface area contributed by atoms with Gasteiger partial charge in [0.25, 0.3) is 5.56 Å². The molecule has 2 aromatic heterocycles. The number of rotatable bonds is 2. The summed E-state index contributed by atoms with van der Waals surface area (Å²) in [6.45, 7) is 1.68. The Morgan fingerprint density at radius 2 is 1.89 bits per heavy atom. The van der Waals surface area contributed by atoms with E-state index in [4.69, 9.17) is 5.73 Å². The quantitative estimate of drug-likeness (QED) is 0.728. The van der Waals surface area contributed by atoms with Crippen molar-refractivity contribution in [3.63, 3.8) is 0 Å². The molecule has 0 radical (unpaired) electrons. The van der Waals surface area contributed by atoms with E-state index < -0.39 is 17.2 Å². The molecule has 0 aromatic carbocycles. The van der Waals surface area contributed by atoms with Gasteiger partial charge >= 0.3 is 5.69 Å². The second-order valence-corrected chi connectivity index (χ2v) is 4.28. The van der Waals surface area contributed by atoms with Gasteiger partial charge in [0.2, 0.25) is 5.91 Å². The minimum Gasteiger partial charge on any atom is -0.368 e. The van der Waals surface area contributed by atoms with E-state index >= 15 is 0 Å². The van der Waals surface area contributed by atoms with E-state index in [9.17, 15) is 14.4 Å². The van der Waals surface area contributed by atoms with Crippen LogP contribution in [0.2, 0.25) is 0 Å². The summed E-state index contributed by atoms with van der Waals surface area (Å²) in [6, 6.07) is 1.70. The minimum atomic E-state index is -0.536. The SMILES string of the molecule is Cc1cc2c(c(=O)n(C)c(=O)n2C)n1CC(N)=O. The Balaban J connectivity index is 2.99. The Hall–Kier alpha value is -2.31. The summed E-state index contributed by atoms with van der Waals surface area (Å²) in [5.74, 6) is -0.536. The Bertz CT molecular complexity index is 763. The topological polar surface area (TPSA) is 92.0 Å². The first kappa shape index (κ1) is 12.2. The monoisotopic (exact) mass is 250 g/mol. The summed E-state index contributed by atoms with van der Waals surface area (Å²) in [7, 11) is 2.99. The molecule has 96 valence electrons. The number of hydrogen-bond acceptors (Lipinski definition) is 3. The Kier molecular flexibility index (Phi) is 2.61. The van der Waals surface area contributed by atoms with Crippen LogP contribution in [0.4, 0.5) is 0 Å². The number of aryl methyl sites for hydroxylation is 2. The number of primary amides is 1. The fourth-order valence-electron chi connectivity index (χ4n) is 2.07. The van der Waals surface area contributed by atoms with Crippen LogP contribution in [0, 0.1) is 6.92 Å². The molecule has 0 atom stereocenters. The maximum absolute atomic E-state index is 12.1. The average Bonchev–Trinajstić information content (AvgIpc) is 2.61. The average molecular weight is 250 g/mol. The lowest BCUT2D eigenvalue weighted by atomic mass is 10.4. The fourth-order valence-corrected chi connectivity index (χ4v) is 2.07. The Morgan fingerprint density at radius 1 is 1.28 bits per heavy atom. The predicted molar refractivity (Wildman–Crippen MR) is 66.4 cm³/mol. The van der Waals surface area contributed by atoms with Gasteiger partial charge < -0.3 is 10.3 Å². The molecule has 0 saturated heterocycles. The first-order chi connectivity index (χ1) is 8.34. The van der Waals surface area contributed by atoms with Crippen LogP contribution in [0.15, 0.2) is 15.7 Å². The Morgan fingerprint density at radius 3 is 2.44 bits per heavy atom. The highest BCUT2D eigenvalue weighted by Crippen LogP contribution is 2.13. The van der Waals surface area contributed by atoms with Crippen molar-refractivity contribution in [2.75, 3.05) is 0 Å². The van der Waals surface area contributed by atoms with Crippen molar-refractivity contribution in [2.45, 2.75) is 13.5 Å². The molecule has 0 aliphatic rings. The third kappa shape index (κ3) is 1.55. The molecule has 7 heteroatoms. The van der Waals surface area contributed by atoms with Crippen LogP contribution in [0.3, 0.4) is 0 Å². The largest absolute Gasteiger partial charge is 0.368 e. The molecular formula is C11H14N4O3. The van der Waals surface area contributed by atoms with Gasteiger partial charge in [-0.05, 0) is 13.0 Å². The number of amides is 1. The zero-order valence-corrected chi connectivity index (χ0v) is 10.4. The highest BCUT2D eigenvalue weighted by molar-refractivity contribution is 5.80. The van der Waals surface area contributed by atoms with Crippen LogP contribution < -0.4 is 17.0 Å². The lowest BCUT2D eigenvalue weighted by molar-refractivity contribution is -0.118. The number of fused-ring (bicyclic) bond motifs is 1. The molecule has 0 unspecified atom stereocenters. The third-order valence-corrected chi connectivity index (χ3v) is 3.04. The highest BCUT2D eigenvalue weighted by atomic mass is 16.2. The molecule has 0 aliphatic carbocycles. The number of carbonyl (C=O) groups is 1. The summed E-state index contributed by atoms with van der Waals surface area (Å²) in [5, 5.41) is 0. The van der Waals surface area contributed by atoms with Crippen molar-refractivity contribution < 1.29 is 4.79 Å². The van der Waals surface area contributed by atoms with Crippen molar-refractivity contribution >= 4 is 16.9 Å². The lowest BCUT2D eigenvalue weighted by Crippen LogP contribution is -2.37. The van der Waals surface area contributed by atoms with E-state index in [1.54, 1.807) is 20.0 Å². The van der Waals surface area contributed by atoms with Gasteiger partial charge in [-0.25, -0.2) is 4.79 Å². The standard InChI is InChI=1S/C11H14N4O3/c1-6-4-7-9(15(6)5-8(12)16)10(17)14(3)11(18)13(7)2/h4H,5H2,1-3H3,(H2,12,16). The van der Waals surface area contributed by atoms with E-state index in [0.717, 1.165) is 4.57 Å². The van der Waals surface area contributed by atoms with Gasteiger partial charge in [-0.3, -0.25) is 18.7 Å². The number of nitrogens with zero attached hydrogens (tertiary/aromatic N) is 3. The number of carbonyl (C=O) groups excluding carboxylic acids is 1. The van der Waals surface area contributed by atoms with Crippen LogP contribution in [-0.2, 0) is 25.4 Å². The van der Waals surface area contributed by atoms with Gasteiger partial charge in [0.1, 0.15) is 12.1 Å². The van der Waals surface area contributed by atoms with Crippen LogP contribution in [-0.4, -0.2) is 19.6 Å². The normalized spacial score (nSPS) is 11.1.